The highest BCUT2D eigenvalue weighted by molar-refractivity contribution is 5.18. The van der Waals surface area contributed by atoms with E-state index in [0.29, 0.717) is 6.42 Å². The van der Waals surface area contributed by atoms with E-state index in [2.05, 4.69) is 10.4 Å². The number of halogens is 1. The summed E-state index contributed by atoms with van der Waals surface area (Å²) in [4.78, 5) is 4.25. The van der Waals surface area contributed by atoms with Crippen molar-refractivity contribution in [3.63, 3.8) is 0 Å². The topological polar surface area (TPSA) is 55.9 Å². The molecule has 0 amide bonds. The average Bonchev–Trinajstić information content (AvgIpc) is 2.75. The predicted octanol–water partition coefficient (Wildman–Crippen LogP) is 1.31. The molecular formula is C12H15FN4. The van der Waals surface area contributed by atoms with Gasteiger partial charge in [0.05, 0.1) is 6.04 Å². The van der Waals surface area contributed by atoms with Crippen molar-refractivity contribution in [1.29, 1.82) is 0 Å². The summed E-state index contributed by atoms with van der Waals surface area (Å²) in [5, 5.41) is 0. The highest BCUT2D eigenvalue weighted by Crippen LogP contribution is 2.15. The van der Waals surface area contributed by atoms with E-state index in [1.807, 2.05) is 17.8 Å². The van der Waals surface area contributed by atoms with E-state index in [9.17, 15) is 4.39 Å². The summed E-state index contributed by atoms with van der Waals surface area (Å²) in [7, 11) is 1.91. The van der Waals surface area contributed by atoms with Gasteiger partial charge in [0.1, 0.15) is 11.6 Å². The van der Waals surface area contributed by atoms with Crippen LogP contribution in [0.15, 0.2) is 36.7 Å². The molecule has 1 heterocycles. The average molecular weight is 234 g/mol. The van der Waals surface area contributed by atoms with Gasteiger partial charge in [-0.05, 0) is 24.1 Å². The smallest absolute Gasteiger partial charge is 0.127 e. The SMILES string of the molecule is Cn1ccnc1C(Cc1ccc(F)cc1)NN. The van der Waals surface area contributed by atoms with Crippen molar-refractivity contribution < 1.29 is 4.39 Å². The maximum Gasteiger partial charge on any atom is 0.127 e. The lowest BCUT2D eigenvalue weighted by atomic mass is 10.1. The number of nitrogens with one attached hydrogen (secondary N) is 1. The Bertz CT molecular complexity index is 478. The zero-order valence-electron chi connectivity index (χ0n) is 9.60. The van der Waals surface area contributed by atoms with E-state index < -0.39 is 0 Å². The molecule has 4 nitrogen and oxygen atoms in total. The van der Waals surface area contributed by atoms with Crippen LogP contribution in [0.4, 0.5) is 4.39 Å². The minimum Gasteiger partial charge on any atom is -0.337 e. The van der Waals surface area contributed by atoms with Crippen LogP contribution in [0.25, 0.3) is 0 Å². The van der Waals surface area contributed by atoms with Crippen LogP contribution in [-0.2, 0) is 13.5 Å². The summed E-state index contributed by atoms with van der Waals surface area (Å²) in [5.41, 5.74) is 3.74. The third-order valence-electron chi connectivity index (χ3n) is 2.72. The number of imidazole rings is 1. The number of rotatable bonds is 4. The van der Waals surface area contributed by atoms with E-state index in [0.717, 1.165) is 11.4 Å². The normalized spacial score (nSPS) is 12.6. The van der Waals surface area contributed by atoms with E-state index in [-0.39, 0.29) is 11.9 Å². The molecule has 0 radical (unpaired) electrons. The fraction of sp³-hybridized carbons (Fsp3) is 0.250. The van der Waals surface area contributed by atoms with Crippen molar-refractivity contribution in [1.82, 2.24) is 15.0 Å². The first-order chi connectivity index (χ1) is 8.20. The number of hydrogen-bond donors (Lipinski definition) is 2. The maximum absolute atomic E-state index is 12.8. The van der Waals surface area contributed by atoms with Crippen LogP contribution in [0.3, 0.4) is 0 Å². The van der Waals surface area contributed by atoms with Gasteiger partial charge in [-0.3, -0.25) is 5.84 Å². The van der Waals surface area contributed by atoms with Crippen molar-refractivity contribution >= 4 is 0 Å². The molecule has 5 heteroatoms. The predicted molar refractivity (Wildman–Crippen MR) is 63.4 cm³/mol. The van der Waals surface area contributed by atoms with Crippen LogP contribution in [0, 0.1) is 5.82 Å². The van der Waals surface area contributed by atoms with Gasteiger partial charge >= 0.3 is 0 Å². The van der Waals surface area contributed by atoms with Crippen molar-refractivity contribution in [3.8, 4) is 0 Å². The second-order valence-electron chi connectivity index (χ2n) is 3.95. The molecule has 0 fully saturated rings. The first kappa shape index (κ1) is 11.8. The summed E-state index contributed by atoms with van der Waals surface area (Å²) in [6.45, 7) is 0. The fourth-order valence-corrected chi connectivity index (χ4v) is 1.79. The Morgan fingerprint density at radius 3 is 2.65 bits per heavy atom. The molecule has 0 bridgehead atoms. The molecule has 90 valence electrons. The van der Waals surface area contributed by atoms with Crippen LogP contribution in [0.2, 0.25) is 0 Å². The van der Waals surface area contributed by atoms with Crippen molar-refractivity contribution in [2.45, 2.75) is 12.5 Å². The highest BCUT2D eigenvalue weighted by Gasteiger charge is 2.14. The number of benzene rings is 1. The molecule has 1 unspecified atom stereocenters. The van der Waals surface area contributed by atoms with Crippen molar-refractivity contribution in [2.24, 2.45) is 12.9 Å². The van der Waals surface area contributed by atoms with Gasteiger partial charge in [0.2, 0.25) is 0 Å². The Hall–Kier alpha value is -1.72. The molecule has 0 saturated carbocycles. The monoisotopic (exact) mass is 234 g/mol. The Balaban J connectivity index is 2.16. The van der Waals surface area contributed by atoms with Crippen molar-refractivity contribution in [3.05, 3.63) is 53.9 Å². The number of hydrazine groups is 1. The van der Waals surface area contributed by atoms with Gasteiger partial charge in [0.25, 0.3) is 0 Å². The molecule has 3 N–H and O–H groups in total. The molecule has 1 atom stereocenters. The maximum atomic E-state index is 12.8. The minimum absolute atomic E-state index is 0.0829. The lowest BCUT2D eigenvalue weighted by Crippen LogP contribution is -2.31. The van der Waals surface area contributed by atoms with E-state index >= 15 is 0 Å². The fourth-order valence-electron chi connectivity index (χ4n) is 1.79. The van der Waals surface area contributed by atoms with Crippen LogP contribution >= 0.6 is 0 Å². The highest BCUT2D eigenvalue weighted by atomic mass is 19.1. The molecule has 0 aliphatic carbocycles. The lowest BCUT2D eigenvalue weighted by Gasteiger charge is -2.15. The number of nitrogens with two attached hydrogens (primary N) is 1. The molecule has 17 heavy (non-hydrogen) atoms. The second-order valence-corrected chi connectivity index (χ2v) is 3.95. The minimum atomic E-state index is -0.233. The molecule has 0 aliphatic heterocycles. The second kappa shape index (κ2) is 5.07. The van der Waals surface area contributed by atoms with Crippen LogP contribution < -0.4 is 11.3 Å². The Morgan fingerprint density at radius 2 is 2.12 bits per heavy atom. The van der Waals surface area contributed by atoms with Gasteiger partial charge in [0.15, 0.2) is 0 Å². The molecule has 2 aromatic rings. The molecule has 1 aromatic heterocycles. The Morgan fingerprint density at radius 1 is 1.41 bits per heavy atom. The Kier molecular flexibility index (Phi) is 3.51. The number of aryl methyl sites for hydroxylation is 1. The van der Waals surface area contributed by atoms with Gasteiger partial charge in [-0.25, -0.2) is 14.8 Å². The molecule has 0 saturated heterocycles. The standard InChI is InChI=1S/C12H15FN4/c1-17-7-6-15-12(17)11(16-14)8-9-2-4-10(13)5-3-9/h2-7,11,16H,8,14H2,1H3. The third kappa shape index (κ3) is 2.69. The summed E-state index contributed by atoms with van der Waals surface area (Å²) >= 11 is 0. The van der Waals surface area contributed by atoms with Gasteiger partial charge in [0, 0.05) is 19.4 Å². The van der Waals surface area contributed by atoms with Gasteiger partial charge < -0.3 is 4.57 Å². The zero-order chi connectivity index (χ0) is 12.3. The van der Waals surface area contributed by atoms with Gasteiger partial charge in [-0.15, -0.1) is 0 Å². The van der Waals surface area contributed by atoms with Crippen LogP contribution in [-0.4, -0.2) is 9.55 Å². The first-order valence-electron chi connectivity index (χ1n) is 5.38. The third-order valence-corrected chi connectivity index (χ3v) is 2.72. The summed E-state index contributed by atoms with van der Waals surface area (Å²) in [5.74, 6) is 6.16. The van der Waals surface area contributed by atoms with E-state index in [1.165, 1.54) is 12.1 Å². The Labute approximate surface area is 99.2 Å². The summed E-state index contributed by atoms with van der Waals surface area (Å²) in [6, 6.07) is 6.31. The largest absolute Gasteiger partial charge is 0.337 e. The quantitative estimate of drug-likeness (QED) is 0.619. The van der Waals surface area contributed by atoms with Gasteiger partial charge in [-0.2, -0.15) is 0 Å². The van der Waals surface area contributed by atoms with Crippen LogP contribution in [0.5, 0.6) is 0 Å². The number of aromatic nitrogens is 2. The number of hydrogen-bond acceptors (Lipinski definition) is 3. The van der Waals surface area contributed by atoms with E-state index in [1.54, 1.807) is 18.3 Å². The zero-order valence-corrected chi connectivity index (χ0v) is 9.60. The van der Waals surface area contributed by atoms with Crippen LogP contribution in [0.1, 0.15) is 17.4 Å². The summed E-state index contributed by atoms with van der Waals surface area (Å²) < 4.78 is 14.7. The molecular weight excluding hydrogens is 219 g/mol. The first-order valence-corrected chi connectivity index (χ1v) is 5.38. The molecule has 1 aromatic carbocycles. The summed E-state index contributed by atoms with van der Waals surface area (Å²) in [6.07, 6.45) is 4.26. The number of nitrogens with zero attached hydrogens (tertiary/aromatic N) is 2. The van der Waals surface area contributed by atoms with E-state index in [4.69, 9.17) is 5.84 Å². The molecule has 2 rings (SSSR count). The molecule has 0 spiro atoms. The van der Waals surface area contributed by atoms with Crippen molar-refractivity contribution in [2.75, 3.05) is 0 Å². The van der Waals surface area contributed by atoms with Gasteiger partial charge in [-0.1, -0.05) is 12.1 Å². The lowest BCUT2D eigenvalue weighted by molar-refractivity contribution is 0.507. The molecule has 0 aliphatic rings.